The first-order valence-electron chi connectivity index (χ1n) is 7.51. The fraction of sp³-hybridized carbons (Fsp3) is 0.750. The van der Waals surface area contributed by atoms with Crippen LogP contribution in [0.15, 0.2) is 6.07 Å². The summed E-state index contributed by atoms with van der Waals surface area (Å²) < 4.78 is 0. The molecule has 0 aliphatic carbocycles. The normalized spacial score (nSPS) is 13.2. The monoisotopic (exact) mass is 282 g/mol. The summed E-state index contributed by atoms with van der Waals surface area (Å²) in [5.74, 6) is 1.55. The van der Waals surface area contributed by atoms with Crippen LogP contribution in [-0.4, -0.2) is 13.1 Å². The van der Waals surface area contributed by atoms with Crippen LogP contribution in [0.2, 0.25) is 0 Å². The molecule has 1 heterocycles. The molecule has 0 spiro atoms. The lowest BCUT2D eigenvalue weighted by Crippen LogP contribution is -2.18. The van der Waals surface area contributed by atoms with Crippen molar-refractivity contribution in [2.45, 2.75) is 53.5 Å². The molecule has 0 amide bonds. The second-order valence-electron chi connectivity index (χ2n) is 5.85. The molecule has 19 heavy (non-hydrogen) atoms. The van der Waals surface area contributed by atoms with E-state index in [0.717, 1.165) is 31.5 Å². The molecule has 0 aliphatic heterocycles. The number of rotatable bonds is 9. The van der Waals surface area contributed by atoms with E-state index >= 15 is 0 Å². The van der Waals surface area contributed by atoms with Gasteiger partial charge in [0.2, 0.25) is 0 Å². The highest BCUT2D eigenvalue weighted by molar-refractivity contribution is 7.12. The lowest BCUT2D eigenvalue weighted by atomic mass is 9.88. The smallest absolute Gasteiger partial charge is 0.0299 e. The third-order valence-corrected chi connectivity index (χ3v) is 5.08. The molecule has 0 bridgehead atoms. The van der Waals surface area contributed by atoms with Crippen LogP contribution in [0.3, 0.4) is 0 Å². The van der Waals surface area contributed by atoms with Crippen molar-refractivity contribution in [1.82, 2.24) is 5.32 Å². The molecule has 0 aromatic carbocycles. The zero-order valence-electron chi connectivity index (χ0n) is 13.0. The molecule has 0 saturated heterocycles. The Hall–Kier alpha value is -0.380. The summed E-state index contributed by atoms with van der Waals surface area (Å²) in [4.78, 5) is 2.90. The van der Waals surface area contributed by atoms with Gasteiger partial charge in [-0.1, -0.05) is 13.8 Å². The summed E-state index contributed by atoms with van der Waals surface area (Å²) in [5.41, 5.74) is 7.10. The Morgan fingerprint density at radius 3 is 2.53 bits per heavy atom. The van der Waals surface area contributed by atoms with E-state index in [2.05, 4.69) is 39.1 Å². The van der Waals surface area contributed by atoms with Crippen LogP contribution < -0.4 is 11.1 Å². The number of nitrogens with two attached hydrogens (primary N) is 1. The van der Waals surface area contributed by atoms with Gasteiger partial charge in [-0.2, -0.15) is 0 Å². The Balaban J connectivity index is 2.16. The molecule has 1 aromatic heterocycles. The van der Waals surface area contributed by atoms with Gasteiger partial charge in [-0.25, -0.2) is 0 Å². The van der Waals surface area contributed by atoms with Gasteiger partial charge < -0.3 is 11.1 Å². The highest BCUT2D eigenvalue weighted by atomic mass is 32.1. The molecule has 1 aromatic rings. The number of hydrogen-bond donors (Lipinski definition) is 2. The highest BCUT2D eigenvalue weighted by Crippen LogP contribution is 2.21. The summed E-state index contributed by atoms with van der Waals surface area (Å²) in [6, 6.07) is 2.30. The summed E-state index contributed by atoms with van der Waals surface area (Å²) in [6.07, 6.45) is 3.72. The number of hydrogen-bond acceptors (Lipinski definition) is 3. The Kier molecular flexibility index (Phi) is 7.66. The van der Waals surface area contributed by atoms with Gasteiger partial charge in [0.25, 0.3) is 0 Å². The third-order valence-electron chi connectivity index (χ3n) is 3.92. The summed E-state index contributed by atoms with van der Waals surface area (Å²) in [7, 11) is 0. The van der Waals surface area contributed by atoms with Gasteiger partial charge in [0.1, 0.15) is 0 Å². The van der Waals surface area contributed by atoms with E-state index in [0.29, 0.717) is 0 Å². The molecular formula is C16H30N2S. The zero-order valence-corrected chi connectivity index (χ0v) is 13.8. The zero-order chi connectivity index (χ0) is 14.3. The first-order valence-corrected chi connectivity index (χ1v) is 8.33. The predicted octanol–water partition coefficient (Wildman–Crippen LogP) is 3.86. The van der Waals surface area contributed by atoms with Crippen molar-refractivity contribution in [2.24, 2.45) is 17.6 Å². The molecule has 1 unspecified atom stereocenters. The Labute approximate surface area is 122 Å². The second kappa shape index (κ2) is 8.72. The van der Waals surface area contributed by atoms with E-state index in [-0.39, 0.29) is 0 Å². The fourth-order valence-corrected chi connectivity index (χ4v) is 3.49. The van der Waals surface area contributed by atoms with Gasteiger partial charge in [-0.15, -0.1) is 11.3 Å². The lowest BCUT2D eigenvalue weighted by molar-refractivity contribution is 0.331. The molecule has 2 nitrogen and oxygen atoms in total. The van der Waals surface area contributed by atoms with Crippen molar-refractivity contribution in [1.29, 1.82) is 0 Å². The first kappa shape index (κ1) is 16.7. The van der Waals surface area contributed by atoms with Crippen molar-refractivity contribution >= 4 is 11.3 Å². The van der Waals surface area contributed by atoms with Crippen LogP contribution in [0.4, 0.5) is 0 Å². The van der Waals surface area contributed by atoms with Crippen LogP contribution in [0.5, 0.6) is 0 Å². The van der Waals surface area contributed by atoms with Crippen molar-refractivity contribution in [3.63, 3.8) is 0 Å². The molecular weight excluding hydrogens is 252 g/mol. The van der Waals surface area contributed by atoms with E-state index in [1.54, 1.807) is 0 Å². The number of thiophene rings is 1. The predicted molar refractivity (Wildman–Crippen MR) is 86.7 cm³/mol. The molecule has 0 aliphatic rings. The van der Waals surface area contributed by atoms with Crippen LogP contribution >= 0.6 is 11.3 Å². The Bertz CT molecular complexity index is 338. The second-order valence-corrected chi connectivity index (χ2v) is 7.19. The quantitative estimate of drug-likeness (QED) is 0.675. The van der Waals surface area contributed by atoms with Gasteiger partial charge in [-0.3, -0.25) is 0 Å². The van der Waals surface area contributed by atoms with Gasteiger partial charge in [0.15, 0.2) is 0 Å². The topological polar surface area (TPSA) is 38.0 Å². The minimum Gasteiger partial charge on any atom is -0.330 e. The molecule has 110 valence electrons. The molecule has 3 N–H and O–H groups in total. The summed E-state index contributed by atoms with van der Waals surface area (Å²) in [5, 5.41) is 3.56. The van der Waals surface area contributed by atoms with Crippen molar-refractivity contribution in [2.75, 3.05) is 13.1 Å². The number of nitrogens with one attached hydrogen (secondary N) is 1. The minimum absolute atomic E-state index is 0.756. The minimum atomic E-state index is 0.756. The van der Waals surface area contributed by atoms with Crippen LogP contribution in [0.25, 0.3) is 0 Å². The Morgan fingerprint density at radius 2 is 2.00 bits per heavy atom. The van der Waals surface area contributed by atoms with E-state index in [4.69, 9.17) is 5.73 Å². The molecule has 0 saturated carbocycles. The highest BCUT2D eigenvalue weighted by Gasteiger charge is 2.11. The molecule has 1 atom stereocenters. The SMILES string of the molecule is Cc1cc(CNCCCC(CCN)C(C)C)sc1C. The van der Waals surface area contributed by atoms with Gasteiger partial charge in [0.05, 0.1) is 0 Å². The van der Waals surface area contributed by atoms with Gasteiger partial charge in [0, 0.05) is 16.3 Å². The van der Waals surface area contributed by atoms with Crippen LogP contribution in [0, 0.1) is 25.7 Å². The third kappa shape index (κ3) is 6.07. The summed E-state index contributed by atoms with van der Waals surface area (Å²) in [6.45, 7) is 12.0. The average Bonchev–Trinajstić information content (AvgIpc) is 2.66. The largest absolute Gasteiger partial charge is 0.330 e. The van der Waals surface area contributed by atoms with E-state index < -0.39 is 0 Å². The van der Waals surface area contributed by atoms with Crippen LogP contribution in [-0.2, 0) is 6.54 Å². The Morgan fingerprint density at radius 1 is 1.26 bits per heavy atom. The molecule has 0 radical (unpaired) electrons. The molecule has 1 rings (SSSR count). The van der Waals surface area contributed by atoms with E-state index in [1.807, 2.05) is 11.3 Å². The average molecular weight is 282 g/mol. The maximum atomic E-state index is 5.68. The van der Waals surface area contributed by atoms with Crippen molar-refractivity contribution in [3.8, 4) is 0 Å². The van der Waals surface area contributed by atoms with E-state index in [1.165, 1.54) is 34.6 Å². The fourth-order valence-electron chi connectivity index (χ4n) is 2.46. The number of aryl methyl sites for hydroxylation is 2. The van der Waals surface area contributed by atoms with Gasteiger partial charge >= 0.3 is 0 Å². The lowest BCUT2D eigenvalue weighted by Gasteiger charge is -2.19. The van der Waals surface area contributed by atoms with Crippen molar-refractivity contribution < 1.29 is 0 Å². The standard InChI is InChI=1S/C16H30N2S/c1-12(2)15(7-8-17)6-5-9-18-11-16-10-13(3)14(4)19-16/h10,12,15,18H,5-9,11,17H2,1-4H3. The van der Waals surface area contributed by atoms with Crippen molar-refractivity contribution in [3.05, 3.63) is 21.4 Å². The first-order chi connectivity index (χ1) is 9.04. The maximum absolute atomic E-state index is 5.68. The van der Waals surface area contributed by atoms with E-state index in [9.17, 15) is 0 Å². The van der Waals surface area contributed by atoms with Crippen LogP contribution in [0.1, 0.15) is 48.4 Å². The maximum Gasteiger partial charge on any atom is 0.0299 e. The van der Waals surface area contributed by atoms with Gasteiger partial charge in [-0.05, 0) is 69.7 Å². The molecule has 3 heteroatoms. The molecule has 0 fully saturated rings. The summed E-state index contributed by atoms with van der Waals surface area (Å²) >= 11 is 1.91.